The van der Waals surface area contributed by atoms with Gasteiger partial charge < -0.3 is 14.4 Å². The van der Waals surface area contributed by atoms with Crippen molar-refractivity contribution in [3.05, 3.63) is 53.3 Å². The number of ether oxygens (including phenoxy) is 2. The Kier molecular flexibility index (Phi) is 9.61. The van der Waals surface area contributed by atoms with Gasteiger partial charge in [0.15, 0.2) is 11.6 Å². The molecule has 2 aliphatic carbocycles. The van der Waals surface area contributed by atoms with E-state index in [0.717, 1.165) is 51.6 Å². The van der Waals surface area contributed by atoms with Crippen LogP contribution in [0.1, 0.15) is 69.8 Å². The van der Waals surface area contributed by atoms with Gasteiger partial charge in [-0.05, 0) is 74.5 Å². The maximum absolute atomic E-state index is 13.1. The van der Waals surface area contributed by atoms with Gasteiger partial charge >= 0.3 is 0 Å². The van der Waals surface area contributed by atoms with E-state index in [1.165, 1.54) is 11.1 Å². The van der Waals surface area contributed by atoms with Gasteiger partial charge in [0.1, 0.15) is 16.7 Å². The van der Waals surface area contributed by atoms with Crippen molar-refractivity contribution in [2.45, 2.75) is 70.3 Å². The monoisotopic (exact) mass is 601 g/mol. The molecule has 4 aliphatic rings. The number of alkyl halides is 1. The molecule has 0 spiro atoms. The molecule has 7 nitrogen and oxygen atoms in total. The lowest BCUT2D eigenvalue weighted by Crippen LogP contribution is -2.50. The number of pyridine rings is 1. The maximum atomic E-state index is 13.1. The zero-order valence-electron chi connectivity index (χ0n) is 24.7. The van der Waals surface area contributed by atoms with E-state index < -0.39 is 16.9 Å². The molecule has 1 aromatic heterocycles. The number of allylic oxidation sites excluding steroid dienone is 4. The number of rotatable bonds is 4. The largest absolute Gasteiger partial charge is 0.489 e. The van der Waals surface area contributed by atoms with E-state index in [4.69, 9.17) is 26.1 Å². The van der Waals surface area contributed by atoms with Gasteiger partial charge in [-0.15, -0.1) is 11.6 Å². The third-order valence-corrected chi connectivity index (χ3v) is 10.8. The van der Waals surface area contributed by atoms with Crippen LogP contribution in [0.15, 0.2) is 47.6 Å². The van der Waals surface area contributed by atoms with Gasteiger partial charge in [-0.3, -0.25) is 9.52 Å². The summed E-state index contributed by atoms with van der Waals surface area (Å²) in [5, 5.41) is 0.0268. The quantitative estimate of drug-likeness (QED) is 0.338. The fraction of sp³-hybridized carbons (Fsp3) is 0.625. The Labute approximate surface area is 252 Å². The summed E-state index contributed by atoms with van der Waals surface area (Å²) in [5.41, 5.74) is 2.60. The number of anilines is 1. The van der Waals surface area contributed by atoms with Crippen molar-refractivity contribution in [3.63, 3.8) is 0 Å². The third kappa shape index (κ3) is 6.75. The van der Waals surface area contributed by atoms with E-state index in [9.17, 15) is 9.00 Å². The molecule has 2 aliphatic heterocycles. The minimum atomic E-state index is -1.50. The molecule has 0 saturated heterocycles. The van der Waals surface area contributed by atoms with Gasteiger partial charge in [0, 0.05) is 31.9 Å². The summed E-state index contributed by atoms with van der Waals surface area (Å²) in [5.74, 6) is 2.37. The van der Waals surface area contributed by atoms with Crippen LogP contribution in [0.25, 0.3) is 0 Å². The number of hydrogen-bond donors (Lipinski definition) is 1. The highest BCUT2D eigenvalue weighted by Crippen LogP contribution is 2.46. The number of fused-ring (bicyclic) bond motifs is 2. The van der Waals surface area contributed by atoms with Crippen LogP contribution in [0.2, 0.25) is 0 Å². The van der Waals surface area contributed by atoms with Crippen molar-refractivity contribution in [2.24, 2.45) is 23.7 Å². The van der Waals surface area contributed by atoms with E-state index in [2.05, 4.69) is 54.7 Å². The molecule has 9 heteroatoms. The molecule has 0 radical (unpaired) electrons. The summed E-state index contributed by atoms with van der Waals surface area (Å²) in [6.07, 6.45) is 14.6. The smallest absolute Gasteiger partial charge is 0.281 e. The second-order valence-corrected chi connectivity index (χ2v) is 14.1. The summed E-state index contributed by atoms with van der Waals surface area (Å²) in [7, 11) is 0.295. The standard InChI is InChI=1S/C32H44ClN3O4S/c1-5-7-22-16-25(33)10-11-26(22)24-18-36-17-23-9-12-27(23)32(3,39-4)15-6-8-21(2)20-41(38)35-31(37)28-13-14-29(40-19-24)30(36)34-28/h6,10-11,13-15,21,23-25,27H,5,7-9,12,16-20H2,1-4H3,(H,35,37)/b15-6+/t21?,23?,24?,25?,27?,32-,41?/m0/s1. The Bertz CT molecular complexity index is 1250. The second-order valence-electron chi connectivity index (χ2n) is 12.3. The molecule has 1 aromatic rings. The fourth-order valence-corrected chi connectivity index (χ4v) is 8.10. The average Bonchev–Trinajstić information content (AvgIpc) is 3.09. The highest BCUT2D eigenvalue weighted by atomic mass is 35.5. The van der Waals surface area contributed by atoms with Gasteiger partial charge in [0.2, 0.25) is 0 Å². The first-order valence-electron chi connectivity index (χ1n) is 15.1. The lowest BCUT2D eigenvalue weighted by molar-refractivity contribution is -0.0621. The van der Waals surface area contributed by atoms with Crippen LogP contribution in [-0.2, 0) is 15.7 Å². The highest BCUT2D eigenvalue weighted by Gasteiger charge is 2.45. The van der Waals surface area contributed by atoms with Crippen LogP contribution in [0.3, 0.4) is 0 Å². The predicted molar refractivity (Wildman–Crippen MR) is 166 cm³/mol. The number of nitrogens with zero attached hydrogens (tertiary/aromatic N) is 2. The van der Waals surface area contributed by atoms with Crippen LogP contribution in [-0.4, -0.2) is 58.6 Å². The van der Waals surface area contributed by atoms with Gasteiger partial charge in [-0.1, -0.05) is 50.1 Å². The normalized spacial score (nSPS) is 35.0. The minimum Gasteiger partial charge on any atom is -0.489 e. The molecule has 1 saturated carbocycles. The average molecular weight is 602 g/mol. The summed E-state index contributed by atoms with van der Waals surface area (Å²) in [6.45, 7) is 8.50. The molecule has 224 valence electrons. The first-order chi connectivity index (χ1) is 19.7. The summed E-state index contributed by atoms with van der Waals surface area (Å²) >= 11 is 6.53. The lowest BCUT2D eigenvalue weighted by Gasteiger charge is -2.48. The number of amides is 1. The molecule has 41 heavy (non-hydrogen) atoms. The first-order valence-corrected chi connectivity index (χ1v) is 16.8. The highest BCUT2D eigenvalue weighted by molar-refractivity contribution is 7.83. The van der Waals surface area contributed by atoms with Crippen molar-refractivity contribution in [2.75, 3.05) is 37.5 Å². The summed E-state index contributed by atoms with van der Waals surface area (Å²) in [4.78, 5) is 20.3. The number of nitrogens with one attached hydrogen (secondary N) is 1. The number of aromatic nitrogens is 1. The maximum Gasteiger partial charge on any atom is 0.281 e. The predicted octanol–water partition coefficient (Wildman–Crippen LogP) is 5.98. The second kappa shape index (κ2) is 13.0. The molecule has 1 fully saturated rings. The van der Waals surface area contributed by atoms with Crippen LogP contribution < -0.4 is 14.4 Å². The van der Waals surface area contributed by atoms with E-state index in [1.807, 2.05) is 6.07 Å². The van der Waals surface area contributed by atoms with Crippen molar-refractivity contribution in [1.29, 1.82) is 0 Å². The van der Waals surface area contributed by atoms with Gasteiger partial charge in [-0.25, -0.2) is 9.19 Å². The fourth-order valence-electron chi connectivity index (χ4n) is 6.79. The molecule has 1 N–H and O–H groups in total. The van der Waals surface area contributed by atoms with Crippen LogP contribution in [0.5, 0.6) is 5.75 Å². The Morgan fingerprint density at radius 3 is 2.85 bits per heavy atom. The summed E-state index contributed by atoms with van der Waals surface area (Å²) < 4.78 is 28.0. The molecule has 1 amide bonds. The van der Waals surface area contributed by atoms with Crippen LogP contribution in [0.4, 0.5) is 5.82 Å². The lowest BCUT2D eigenvalue weighted by atomic mass is 9.64. The number of hydrogen-bond acceptors (Lipinski definition) is 6. The molecule has 7 atom stereocenters. The molecule has 5 rings (SSSR count). The minimum absolute atomic E-state index is 0.0268. The third-order valence-electron chi connectivity index (χ3n) is 9.26. The molecule has 2 bridgehead atoms. The van der Waals surface area contributed by atoms with Crippen molar-refractivity contribution in [3.8, 4) is 5.75 Å². The van der Waals surface area contributed by atoms with Crippen molar-refractivity contribution in [1.82, 2.24) is 9.71 Å². The van der Waals surface area contributed by atoms with Gasteiger partial charge in [0.25, 0.3) is 5.91 Å². The van der Waals surface area contributed by atoms with E-state index in [0.29, 0.717) is 35.8 Å². The van der Waals surface area contributed by atoms with E-state index in [-0.39, 0.29) is 28.5 Å². The zero-order valence-corrected chi connectivity index (χ0v) is 26.3. The Morgan fingerprint density at radius 1 is 1.29 bits per heavy atom. The molecule has 6 unspecified atom stereocenters. The molecular formula is C32H44ClN3O4S. The first kappa shape index (κ1) is 30.3. The Hall–Kier alpha value is -2.16. The molecule has 0 aromatic carbocycles. The molecule has 3 heterocycles. The number of carbonyl (C=O) groups is 1. The number of halogens is 1. The van der Waals surface area contributed by atoms with Crippen molar-refractivity contribution >= 4 is 34.3 Å². The Morgan fingerprint density at radius 2 is 2.12 bits per heavy atom. The van der Waals surface area contributed by atoms with Gasteiger partial charge in [0.05, 0.1) is 17.6 Å². The van der Waals surface area contributed by atoms with Crippen molar-refractivity contribution < 1.29 is 18.5 Å². The topological polar surface area (TPSA) is 80.8 Å². The van der Waals surface area contributed by atoms with E-state index >= 15 is 0 Å². The van der Waals surface area contributed by atoms with E-state index in [1.54, 1.807) is 13.2 Å². The SMILES string of the molecule is CCCC1=C(C2COc3ccc4nc3N(C2)CC2CCC2[C@@](C)(OC)/C=C/CC(C)CS(=O)NC4=O)C=CC(Cl)C1. The Balaban J connectivity index is 1.53. The molecular weight excluding hydrogens is 558 g/mol. The summed E-state index contributed by atoms with van der Waals surface area (Å²) in [6, 6.07) is 3.52. The van der Waals surface area contributed by atoms with Crippen LogP contribution >= 0.6 is 11.6 Å². The zero-order chi connectivity index (χ0) is 29.1. The number of carbonyl (C=O) groups excluding carboxylic acids is 1. The van der Waals surface area contributed by atoms with Gasteiger partial charge in [-0.2, -0.15) is 0 Å². The number of methoxy groups -OCH3 is 1. The van der Waals surface area contributed by atoms with Crippen LogP contribution in [0, 0.1) is 23.7 Å².